The lowest BCUT2D eigenvalue weighted by molar-refractivity contribution is -0.151. The minimum atomic E-state index is -1.09. The highest BCUT2D eigenvalue weighted by atomic mass is 16.6. The largest absolute Gasteiger partial charge is 0.429 e. The number of aliphatic hydroxyl groups is 2. The van der Waals surface area contributed by atoms with E-state index in [-0.39, 0.29) is 5.41 Å². The van der Waals surface area contributed by atoms with E-state index in [0.29, 0.717) is 18.4 Å². The molecule has 4 heteroatoms. The second-order valence-corrected chi connectivity index (χ2v) is 9.31. The van der Waals surface area contributed by atoms with E-state index in [1.807, 2.05) is 0 Å². The first-order chi connectivity index (χ1) is 13.6. The average molecular weight is 403 g/mol. The van der Waals surface area contributed by atoms with Crippen molar-refractivity contribution in [3.05, 3.63) is 46.6 Å². The van der Waals surface area contributed by atoms with Crippen LogP contribution in [-0.4, -0.2) is 28.6 Å². The molecule has 0 saturated carbocycles. The molecule has 2 N–H and O–H groups in total. The van der Waals surface area contributed by atoms with Gasteiger partial charge in [0.1, 0.15) is 0 Å². The van der Waals surface area contributed by atoms with E-state index < -0.39 is 18.4 Å². The van der Waals surface area contributed by atoms with Crippen LogP contribution in [0.15, 0.2) is 46.6 Å². The Morgan fingerprint density at radius 2 is 2.10 bits per heavy atom. The molecule has 0 amide bonds. The Balaban J connectivity index is 1.73. The summed E-state index contributed by atoms with van der Waals surface area (Å²) < 4.78 is 4.68. The van der Waals surface area contributed by atoms with Gasteiger partial charge >= 0.3 is 5.97 Å². The van der Waals surface area contributed by atoms with E-state index >= 15 is 0 Å². The zero-order valence-corrected chi connectivity index (χ0v) is 18.6. The predicted molar refractivity (Wildman–Crippen MR) is 117 cm³/mol. The van der Waals surface area contributed by atoms with Gasteiger partial charge in [-0.15, -0.1) is 0 Å². The van der Waals surface area contributed by atoms with E-state index in [9.17, 15) is 15.0 Å². The first-order valence-corrected chi connectivity index (χ1v) is 10.9. The Bertz CT molecular complexity index is 708. The zero-order chi connectivity index (χ0) is 21.6. The Morgan fingerprint density at radius 1 is 1.38 bits per heavy atom. The molecule has 0 saturated heterocycles. The number of rotatable bonds is 10. The lowest BCUT2D eigenvalue weighted by Gasteiger charge is -2.35. The SMILES string of the molecule is C=C(CCC1=C(C)CCCC1(C)C)[C@H](O)CC/C(C)=C/CCC1=CC(=O)O[C@@H]1O. The lowest BCUT2D eigenvalue weighted by Crippen LogP contribution is -2.21. The van der Waals surface area contributed by atoms with Crippen LogP contribution in [0.4, 0.5) is 0 Å². The standard InChI is InChI=1S/C25H38O4/c1-17(8-6-10-20-16-23(27)29-24(20)28)11-14-22(26)19(3)12-13-21-18(2)9-7-15-25(21,4)5/h8,16,22,24,26,28H,3,6-7,9-15H2,1-2,4-5H3/b17-8+/t22-,24+/m1/s1. The number of carbonyl (C=O) groups excluding carboxylic acids is 1. The monoisotopic (exact) mass is 402 g/mol. The Morgan fingerprint density at radius 3 is 2.72 bits per heavy atom. The van der Waals surface area contributed by atoms with Crippen molar-refractivity contribution in [2.24, 2.45) is 5.41 Å². The third-order valence-electron chi connectivity index (χ3n) is 6.44. The molecule has 0 aromatic heterocycles. The topological polar surface area (TPSA) is 66.8 Å². The second kappa shape index (κ2) is 10.4. The summed E-state index contributed by atoms with van der Waals surface area (Å²) >= 11 is 0. The fourth-order valence-electron chi connectivity index (χ4n) is 4.47. The molecule has 0 fully saturated rings. The molecule has 0 aromatic rings. The van der Waals surface area contributed by atoms with E-state index in [1.165, 1.54) is 36.5 Å². The van der Waals surface area contributed by atoms with Gasteiger partial charge in [0.15, 0.2) is 0 Å². The van der Waals surface area contributed by atoms with Crippen LogP contribution in [0.5, 0.6) is 0 Å². The van der Waals surface area contributed by atoms with Gasteiger partial charge in [-0.1, -0.05) is 43.2 Å². The zero-order valence-electron chi connectivity index (χ0n) is 18.6. The Hall–Kier alpha value is -1.65. The van der Waals surface area contributed by atoms with Crippen molar-refractivity contribution >= 4 is 5.97 Å². The maximum Gasteiger partial charge on any atom is 0.333 e. The number of ether oxygens (including phenoxy) is 1. The molecular weight excluding hydrogens is 364 g/mol. The highest BCUT2D eigenvalue weighted by molar-refractivity contribution is 5.85. The molecule has 0 aromatic carbocycles. The highest BCUT2D eigenvalue weighted by Gasteiger charge is 2.28. The summed E-state index contributed by atoms with van der Waals surface area (Å²) in [4.78, 5) is 11.1. The van der Waals surface area contributed by atoms with Crippen LogP contribution in [-0.2, 0) is 9.53 Å². The summed E-state index contributed by atoms with van der Waals surface area (Å²) in [5.41, 5.74) is 6.10. The Labute approximate surface area is 176 Å². The van der Waals surface area contributed by atoms with E-state index in [4.69, 9.17) is 0 Å². The number of hydrogen-bond donors (Lipinski definition) is 2. The van der Waals surface area contributed by atoms with Crippen LogP contribution in [0.2, 0.25) is 0 Å². The smallest absolute Gasteiger partial charge is 0.333 e. The van der Waals surface area contributed by atoms with Crippen molar-refractivity contribution in [1.29, 1.82) is 0 Å². The first-order valence-electron chi connectivity index (χ1n) is 10.9. The van der Waals surface area contributed by atoms with Gasteiger partial charge in [0, 0.05) is 11.6 Å². The summed E-state index contributed by atoms with van der Waals surface area (Å²) in [6, 6.07) is 0. The van der Waals surface area contributed by atoms with Gasteiger partial charge in [-0.2, -0.15) is 0 Å². The van der Waals surface area contributed by atoms with Gasteiger partial charge in [0.25, 0.3) is 0 Å². The van der Waals surface area contributed by atoms with Crippen molar-refractivity contribution in [2.45, 2.75) is 97.9 Å². The van der Waals surface area contributed by atoms with Crippen LogP contribution in [0.1, 0.15) is 85.5 Å². The van der Waals surface area contributed by atoms with Gasteiger partial charge < -0.3 is 14.9 Å². The summed E-state index contributed by atoms with van der Waals surface area (Å²) in [5, 5.41) is 20.1. The summed E-state index contributed by atoms with van der Waals surface area (Å²) in [7, 11) is 0. The van der Waals surface area contributed by atoms with Crippen LogP contribution < -0.4 is 0 Å². The third kappa shape index (κ3) is 6.97. The molecule has 1 heterocycles. The molecule has 29 heavy (non-hydrogen) atoms. The van der Waals surface area contributed by atoms with Gasteiger partial charge in [0.2, 0.25) is 6.29 Å². The summed E-state index contributed by atoms with van der Waals surface area (Å²) in [6.45, 7) is 13.1. The van der Waals surface area contributed by atoms with Crippen LogP contribution in [0.25, 0.3) is 0 Å². The molecule has 162 valence electrons. The molecule has 0 unspecified atom stereocenters. The molecular formula is C25H38O4. The number of aliphatic hydroxyl groups excluding tert-OH is 2. The molecule has 4 nitrogen and oxygen atoms in total. The minimum absolute atomic E-state index is 0.269. The van der Waals surface area contributed by atoms with Gasteiger partial charge in [-0.25, -0.2) is 4.79 Å². The van der Waals surface area contributed by atoms with Crippen LogP contribution in [0.3, 0.4) is 0 Å². The number of allylic oxidation sites excluding steroid dienone is 4. The minimum Gasteiger partial charge on any atom is -0.429 e. The van der Waals surface area contributed by atoms with E-state index in [0.717, 1.165) is 31.3 Å². The molecule has 2 rings (SSSR count). The Kier molecular flexibility index (Phi) is 8.47. The molecule has 0 bridgehead atoms. The highest BCUT2D eigenvalue weighted by Crippen LogP contribution is 2.42. The maximum atomic E-state index is 11.1. The second-order valence-electron chi connectivity index (χ2n) is 9.31. The van der Waals surface area contributed by atoms with E-state index in [2.05, 4.69) is 45.1 Å². The third-order valence-corrected chi connectivity index (χ3v) is 6.44. The van der Waals surface area contributed by atoms with Crippen molar-refractivity contribution in [1.82, 2.24) is 0 Å². The average Bonchev–Trinajstić information content (AvgIpc) is 2.95. The molecule has 2 aliphatic rings. The number of cyclic esters (lactones) is 1. The normalized spacial score (nSPS) is 23.1. The lowest BCUT2D eigenvalue weighted by atomic mass is 9.71. The van der Waals surface area contributed by atoms with Crippen molar-refractivity contribution in [3.8, 4) is 0 Å². The molecule has 2 atom stereocenters. The predicted octanol–water partition coefficient (Wildman–Crippen LogP) is 5.52. The first kappa shape index (κ1) is 23.6. The van der Waals surface area contributed by atoms with Crippen molar-refractivity contribution in [3.63, 3.8) is 0 Å². The molecule has 0 spiro atoms. The summed E-state index contributed by atoms with van der Waals surface area (Å²) in [5.74, 6) is -0.475. The van der Waals surface area contributed by atoms with Gasteiger partial charge in [0.05, 0.1) is 6.10 Å². The van der Waals surface area contributed by atoms with Crippen LogP contribution >= 0.6 is 0 Å². The summed E-state index contributed by atoms with van der Waals surface area (Å²) in [6.07, 6.45) is 10.3. The number of esters is 1. The van der Waals surface area contributed by atoms with Gasteiger partial charge in [-0.3, -0.25) is 0 Å². The van der Waals surface area contributed by atoms with Crippen molar-refractivity contribution in [2.75, 3.05) is 0 Å². The van der Waals surface area contributed by atoms with Crippen molar-refractivity contribution < 1.29 is 19.7 Å². The molecule has 1 aliphatic heterocycles. The fourth-order valence-corrected chi connectivity index (χ4v) is 4.47. The number of hydrogen-bond acceptors (Lipinski definition) is 4. The molecule has 1 aliphatic carbocycles. The maximum absolute atomic E-state index is 11.1. The quantitative estimate of drug-likeness (QED) is 0.373. The fraction of sp³-hybridized carbons (Fsp3) is 0.640. The number of carbonyl (C=O) groups is 1. The van der Waals surface area contributed by atoms with Crippen LogP contribution in [0, 0.1) is 5.41 Å². The van der Waals surface area contributed by atoms with Gasteiger partial charge in [-0.05, 0) is 82.6 Å². The van der Waals surface area contributed by atoms with E-state index in [1.54, 1.807) is 5.57 Å². The molecule has 0 radical (unpaired) electrons.